The van der Waals surface area contributed by atoms with Gasteiger partial charge in [-0.2, -0.15) is 5.10 Å². The van der Waals surface area contributed by atoms with E-state index in [0.29, 0.717) is 24.1 Å². The van der Waals surface area contributed by atoms with Crippen LogP contribution in [0.2, 0.25) is 0 Å². The van der Waals surface area contributed by atoms with E-state index in [1.54, 1.807) is 7.11 Å². The van der Waals surface area contributed by atoms with Crippen LogP contribution in [-0.4, -0.2) is 70.7 Å². The number of aryl methyl sites for hydroxylation is 1. The molecule has 0 unspecified atom stereocenters. The summed E-state index contributed by atoms with van der Waals surface area (Å²) in [6.45, 7) is 5.66. The zero-order valence-electron chi connectivity index (χ0n) is 20.2. The largest absolute Gasteiger partial charge is 0.493 e. The number of rotatable bonds is 12. The van der Waals surface area contributed by atoms with Crippen molar-refractivity contribution in [3.05, 3.63) is 41.7 Å². The fourth-order valence-corrected chi connectivity index (χ4v) is 4.52. The van der Waals surface area contributed by atoms with E-state index >= 15 is 0 Å². The van der Waals surface area contributed by atoms with Gasteiger partial charge in [-0.1, -0.05) is 32.3 Å². The summed E-state index contributed by atoms with van der Waals surface area (Å²) in [7, 11) is 5.71. The Morgan fingerprint density at radius 1 is 1.16 bits per heavy atom. The summed E-state index contributed by atoms with van der Waals surface area (Å²) in [5, 5.41) is 14.8. The van der Waals surface area contributed by atoms with E-state index in [1.807, 2.05) is 30.1 Å². The molecule has 1 fully saturated rings. The third kappa shape index (κ3) is 7.22. The van der Waals surface area contributed by atoms with Crippen molar-refractivity contribution in [2.24, 2.45) is 7.05 Å². The van der Waals surface area contributed by atoms with E-state index in [-0.39, 0.29) is 6.61 Å². The van der Waals surface area contributed by atoms with Crippen LogP contribution < -0.4 is 9.47 Å². The summed E-state index contributed by atoms with van der Waals surface area (Å²) in [6.07, 6.45) is 9.83. The molecule has 1 aromatic carbocycles. The number of aromatic nitrogens is 2. The lowest BCUT2D eigenvalue weighted by atomic mass is 9.94. The molecular formula is C25H40N4O3. The number of aliphatic hydroxyl groups excluding tert-OH is 1. The fraction of sp³-hybridized carbons (Fsp3) is 0.640. The van der Waals surface area contributed by atoms with Gasteiger partial charge in [-0.15, -0.1) is 0 Å². The van der Waals surface area contributed by atoms with E-state index in [1.165, 1.54) is 37.7 Å². The average molecular weight is 445 g/mol. The lowest BCUT2D eigenvalue weighted by molar-refractivity contribution is 0.0553. The van der Waals surface area contributed by atoms with Crippen molar-refractivity contribution in [2.75, 3.05) is 33.9 Å². The second-order valence-electron chi connectivity index (χ2n) is 9.01. The molecule has 3 rings (SSSR count). The van der Waals surface area contributed by atoms with Crippen molar-refractivity contribution in [3.8, 4) is 11.5 Å². The number of likely N-dealkylation sites (N-methyl/N-ethyl adjacent to an activating group) is 1. The highest BCUT2D eigenvalue weighted by Crippen LogP contribution is 2.29. The number of nitrogens with zero attached hydrogens (tertiary/aromatic N) is 4. The molecule has 1 aromatic heterocycles. The lowest BCUT2D eigenvalue weighted by Gasteiger charge is -2.32. The van der Waals surface area contributed by atoms with Crippen molar-refractivity contribution in [3.63, 3.8) is 0 Å². The third-order valence-corrected chi connectivity index (χ3v) is 6.37. The van der Waals surface area contributed by atoms with Gasteiger partial charge in [-0.25, -0.2) is 0 Å². The van der Waals surface area contributed by atoms with Gasteiger partial charge in [0.25, 0.3) is 0 Å². The van der Waals surface area contributed by atoms with Crippen LogP contribution in [0.5, 0.6) is 11.5 Å². The molecule has 0 amide bonds. The summed E-state index contributed by atoms with van der Waals surface area (Å²) in [5.41, 5.74) is 2.37. The van der Waals surface area contributed by atoms with E-state index in [4.69, 9.17) is 9.47 Å². The van der Waals surface area contributed by atoms with E-state index in [2.05, 4.69) is 41.1 Å². The summed E-state index contributed by atoms with van der Waals surface area (Å²) >= 11 is 0. The highest BCUT2D eigenvalue weighted by Gasteiger charge is 2.20. The topological polar surface area (TPSA) is 63.0 Å². The molecule has 0 spiro atoms. The quantitative estimate of drug-likeness (QED) is 0.541. The highest BCUT2D eigenvalue weighted by atomic mass is 16.5. The Kier molecular flexibility index (Phi) is 9.38. The Labute approximate surface area is 192 Å². The first-order valence-electron chi connectivity index (χ1n) is 11.9. The number of ether oxygens (including phenoxy) is 2. The number of benzene rings is 1. The van der Waals surface area contributed by atoms with Crippen LogP contribution in [0.3, 0.4) is 0 Å². The van der Waals surface area contributed by atoms with Crippen LogP contribution in [0.15, 0.2) is 30.6 Å². The number of aliphatic hydroxyl groups is 1. The fourth-order valence-electron chi connectivity index (χ4n) is 4.52. The molecule has 2 aromatic rings. The molecule has 7 nitrogen and oxygen atoms in total. The Bertz CT molecular complexity index is 819. The molecule has 1 aliphatic rings. The van der Waals surface area contributed by atoms with E-state index in [0.717, 1.165) is 25.2 Å². The molecule has 1 aliphatic carbocycles. The standard InChI is InChI=1S/C25H40N4O3/c1-5-29(17-21-14-26-28(3)15-21)16-20-11-12-24(25(13-20)31-4)32-19-23(30)18-27(2)22-9-7-6-8-10-22/h11-15,22-23,30H,5-10,16-19H2,1-4H3/t23-/m0/s1. The molecular weight excluding hydrogens is 404 g/mol. The van der Waals surface area contributed by atoms with Crippen LogP contribution in [0.25, 0.3) is 0 Å². The summed E-state index contributed by atoms with van der Waals surface area (Å²) < 4.78 is 13.4. The normalized spacial score (nSPS) is 16.0. The molecule has 32 heavy (non-hydrogen) atoms. The summed E-state index contributed by atoms with van der Waals surface area (Å²) in [6, 6.07) is 6.64. The maximum absolute atomic E-state index is 10.5. The zero-order chi connectivity index (χ0) is 22.9. The first-order valence-corrected chi connectivity index (χ1v) is 11.9. The van der Waals surface area contributed by atoms with Gasteiger partial charge in [0.1, 0.15) is 12.7 Å². The maximum Gasteiger partial charge on any atom is 0.161 e. The van der Waals surface area contributed by atoms with Gasteiger partial charge in [0, 0.05) is 44.5 Å². The molecule has 1 N–H and O–H groups in total. The molecule has 0 saturated heterocycles. The Hall–Kier alpha value is -2.09. The first kappa shape index (κ1) is 24.6. The predicted octanol–water partition coefficient (Wildman–Crippen LogP) is 3.46. The highest BCUT2D eigenvalue weighted by molar-refractivity contribution is 5.43. The molecule has 0 bridgehead atoms. The molecule has 0 aliphatic heterocycles. The molecule has 1 heterocycles. The van der Waals surface area contributed by atoms with Crippen molar-refractivity contribution < 1.29 is 14.6 Å². The van der Waals surface area contributed by atoms with Crippen molar-refractivity contribution in [2.45, 2.75) is 64.3 Å². The smallest absolute Gasteiger partial charge is 0.161 e. The Morgan fingerprint density at radius 3 is 2.56 bits per heavy atom. The van der Waals surface area contributed by atoms with Crippen LogP contribution in [-0.2, 0) is 20.1 Å². The van der Waals surface area contributed by atoms with Crippen molar-refractivity contribution in [1.82, 2.24) is 19.6 Å². The minimum atomic E-state index is -0.527. The molecule has 7 heteroatoms. The predicted molar refractivity (Wildman–Crippen MR) is 127 cm³/mol. The summed E-state index contributed by atoms with van der Waals surface area (Å²) in [5.74, 6) is 1.37. The SMILES string of the molecule is CCN(Cc1ccc(OC[C@@H](O)CN(C)C2CCCCC2)c(OC)c1)Cc1cnn(C)c1. The second kappa shape index (κ2) is 12.2. The van der Waals surface area contributed by atoms with Gasteiger partial charge in [-0.05, 0) is 44.1 Å². The lowest BCUT2D eigenvalue weighted by Crippen LogP contribution is -2.40. The molecule has 1 atom stereocenters. The van der Waals surface area contributed by atoms with Gasteiger partial charge in [0.05, 0.1) is 13.3 Å². The first-order chi connectivity index (χ1) is 15.5. The number of hydrogen-bond acceptors (Lipinski definition) is 6. The van der Waals surface area contributed by atoms with Gasteiger partial charge in [0.2, 0.25) is 0 Å². The van der Waals surface area contributed by atoms with Gasteiger partial charge < -0.3 is 19.5 Å². The van der Waals surface area contributed by atoms with Crippen molar-refractivity contribution >= 4 is 0 Å². The Balaban J connectivity index is 1.52. The number of hydrogen-bond donors (Lipinski definition) is 1. The van der Waals surface area contributed by atoms with E-state index < -0.39 is 6.10 Å². The third-order valence-electron chi connectivity index (χ3n) is 6.37. The monoisotopic (exact) mass is 444 g/mol. The molecule has 1 saturated carbocycles. The van der Waals surface area contributed by atoms with Crippen LogP contribution in [0.1, 0.15) is 50.2 Å². The maximum atomic E-state index is 10.5. The van der Waals surface area contributed by atoms with Crippen LogP contribution in [0, 0.1) is 0 Å². The minimum Gasteiger partial charge on any atom is -0.493 e. The van der Waals surface area contributed by atoms with Gasteiger partial charge in [0.15, 0.2) is 11.5 Å². The van der Waals surface area contributed by atoms with Crippen LogP contribution >= 0.6 is 0 Å². The van der Waals surface area contributed by atoms with Gasteiger partial charge in [-0.3, -0.25) is 9.58 Å². The molecule has 178 valence electrons. The zero-order valence-corrected chi connectivity index (χ0v) is 20.2. The second-order valence-corrected chi connectivity index (χ2v) is 9.01. The molecule has 0 radical (unpaired) electrons. The Morgan fingerprint density at radius 2 is 1.91 bits per heavy atom. The minimum absolute atomic E-state index is 0.259. The van der Waals surface area contributed by atoms with Crippen molar-refractivity contribution in [1.29, 1.82) is 0 Å². The van der Waals surface area contributed by atoms with Crippen LogP contribution in [0.4, 0.5) is 0 Å². The van der Waals surface area contributed by atoms with E-state index in [9.17, 15) is 5.11 Å². The average Bonchev–Trinajstić information content (AvgIpc) is 3.22. The number of methoxy groups -OCH3 is 1. The van der Waals surface area contributed by atoms with Gasteiger partial charge >= 0.3 is 0 Å². The summed E-state index contributed by atoms with van der Waals surface area (Å²) in [4.78, 5) is 4.65.